The van der Waals surface area contributed by atoms with Crippen molar-refractivity contribution in [3.8, 4) is 0 Å². The minimum atomic E-state index is -0.540. The first-order valence-electron chi connectivity index (χ1n) is 3.79. The van der Waals surface area contributed by atoms with Crippen LogP contribution in [0.5, 0.6) is 0 Å². The molecule has 1 nitrogen and oxygen atoms in total. The molecule has 0 amide bonds. The average molecular weight is 171 g/mol. The molecule has 0 saturated carbocycles. The van der Waals surface area contributed by atoms with Crippen molar-refractivity contribution in [3.63, 3.8) is 0 Å². The van der Waals surface area contributed by atoms with Crippen LogP contribution in [0.15, 0.2) is 12.1 Å². The van der Waals surface area contributed by atoms with E-state index in [4.69, 9.17) is 5.73 Å². The van der Waals surface area contributed by atoms with Crippen LogP contribution >= 0.6 is 0 Å². The fourth-order valence-corrected chi connectivity index (χ4v) is 1.11. The van der Waals surface area contributed by atoms with Crippen LogP contribution in [0, 0.1) is 18.6 Å². The summed E-state index contributed by atoms with van der Waals surface area (Å²) in [7, 11) is 0. The summed E-state index contributed by atoms with van der Waals surface area (Å²) in [5.74, 6) is -1.04. The summed E-state index contributed by atoms with van der Waals surface area (Å²) < 4.78 is 25.5. The van der Waals surface area contributed by atoms with Gasteiger partial charge in [0.05, 0.1) is 0 Å². The van der Waals surface area contributed by atoms with Gasteiger partial charge in [-0.1, -0.05) is 0 Å². The monoisotopic (exact) mass is 171 g/mol. The lowest BCUT2D eigenvalue weighted by Crippen LogP contribution is -2.05. The van der Waals surface area contributed by atoms with Crippen LogP contribution in [0.1, 0.15) is 11.1 Å². The Morgan fingerprint density at radius 2 is 2.00 bits per heavy atom. The van der Waals surface area contributed by atoms with Crippen LogP contribution in [-0.2, 0) is 6.42 Å². The largest absolute Gasteiger partial charge is 0.330 e. The van der Waals surface area contributed by atoms with Gasteiger partial charge in [-0.25, -0.2) is 8.78 Å². The first-order chi connectivity index (χ1) is 5.65. The molecule has 0 aromatic heterocycles. The standard InChI is InChI=1S/C9H11F2N/c1-6-7(2-3-12)4-8(10)5-9(6)11/h4-5H,2-3,12H2,1H3. The van der Waals surface area contributed by atoms with Gasteiger partial charge in [0.25, 0.3) is 0 Å². The Morgan fingerprint density at radius 3 is 2.58 bits per heavy atom. The topological polar surface area (TPSA) is 26.0 Å². The van der Waals surface area contributed by atoms with E-state index in [0.717, 1.165) is 6.07 Å². The van der Waals surface area contributed by atoms with E-state index in [1.165, 1.54) is 6.07 Å². The molecule has 66 valence electrons. The third-order valence-corrected chi connectivity index (χ3v) is 1.83. The number of rotatable bonds is 2. The van der Waals surface area contributed by atoms with E-state index in [-0.39, 0.29) is 0 Å². The lowest BCUT2D eigenvalue weighted by Gasteiger charge is -2.04. The zero-order chi connectivity index (χ0) is 9.14. The van der Waals surface area contributed by atoms with E-state index in [1.54, 1.807) is 6.92 Å². The van der Waals surface area contributed by atoms with Crippen molar-refractivity contribution in [1.82, 2.24) is 0 Å². The van der Waals surface area contributed by atoms with Crippen LogP contribution < -0.4 is 5.73 Å². The molecule has 1 aromatic carbocycles. The molecule has 0 spiro atoms. The molecule has 2 N–H and O–H groups in total. The molecule has 0 atom stereocenters. The highest BCUT2D eigenvalue weighted by Crippen LogP contribution is 2.14. The zero-order valence-corrected chi connectivity index (χ0v) is 6.90. The van der Waals surface area contributed by atoms with Crippen molar-refractivity contribution >= 4 is 0 Å². The number of nitrogens with two attached hydrogens (primary N) is 1. The van der Waals surface area contributed by atoms with E-state index < -0.39 is 11.6 Å². The second-order valence-corrected chi connectivity index (χ2v) is 2.71. The van der Waals surface area contributed by atoms with E-state index >= 15 is 0 Å². The number of benzene rings is 1. The molecule has 0 radical (unpaired) electrons. The smallest absolute Gasteiger partial charge is 0.129 e. The molecular formula is C9H11F2N. The maximum Gasteiger partial charge on any atom is 0.129 e. The van der Waals surface area contributed by atoms with Crippen LogP contribution in [0.25, 0.3) is 0 Å². The van der Waals surface area contributed by atoms with Crippen molar-refractivity contribution in [3.05, 3.63) is 34.9 Å². The second kappa shape index (κ2) is 3.63. The summed E-state index contributed by atoms with van der Waals surface area (Å²) in [4.78, 5) is 0. The summed E-state index contributed by atoms with van der Waals surface area (Å²) >= 11 is 0. The van der Waals surface area contributed by atoms with Gasteiger partial charge in [-0.15, -0.1) is 0 Å². The molecule has 1 aromatic rings. The van der Waals surface area contributed by atoms with Crippen molar-refractivity contribution in [2.75, 3.05) is 6.54 Å². The molecular weight excluding hydrogens is 160 g/mol. The Morgan fingerprint density at radius 1 is 1.33 bits per heavy atom. The molecule has 0 bridgehead atoms. The van der Waals surface area contributed by atoms with Crippen LogP contribution in [0.4, 0.5) is 8.78 Å². The molecule has 0 heterocycles. The van der Waals surface area contributed by atoms with Crippen molar-refractivity contribution < 1.29 is 8.78 Å². The summed E-state index contributed by atoms with van der Waals surface area (Å²) in [5.41, 5.74) is 6.42. The SMILES string of the molecule is Cc1c(F)cc(F)cc1CCN. The van der Waals surface area contributed by atoms with Crippen molar-refractivity contribution in [2.45, 2.75) is 13.3 Å². The van der Waals surface area contributed by atoms with Gasteiger partial charge in [0.1, 0.15) is 11.6 Å². The Bertz CT molecular complexity index is 284. The van der Waals surface area contributed by atoms with Gasteiger partial charge in [0.2, 0.25) is 0 Å². The van der Waals surface area contributed by atoms with Gasteiger partial charge in [-0.3, -0.25) is 0 Å². The number of halogens is 2. The van der Waals surface area contributed by atoms with Crippen LogP contribution in [-0.4, -0.2) is 6.54 Å². The predicted molar refractivity (Wildman–Crippen MR) is 43.9 cm³/mol. The average Bonchev–Trinajstić information content (AvgIpc) is 2.00. The van der Waals surface area contributed by atoms with Gasteiger partial charge >= 0.3 is 0 Å². The van der Waals surface area contributed by atoms with E-state index in [1.807, 2.05) is 0 Å². The summed E-state index contributed by atoms with van der Waals surface area (Å²) in [6, 6.07) is 2.21. The Hall–Kier alpha value is -0.960. The molecule has 0 aliphatic rings. The highest BCUT2D eigenvalue weighted by molar-refractivity contribution is 5.28. The maximum absolute atomic E-state index is 12.9. The zero-order valence-electron chi connectivity index (χ0n) is 6.90. The van der Waals surface area contributed by atoms with E-state index in [2.05, 4.69) is 0 Å². The maximum atomic E-state index is 12.9. The summed E-state index contributed by atoms with van der Waals surface area (Å²) in [6.07, 6.45) is 0.514. The highest BCUT2D eigenvalue weighted by atomic mass is 19.1. The molecule has 0 aliphatic heterocycles. The van der Waals surface area contributed by atoms with Gasteiger partial charge in [-0.2, -0.15) is 0 Å². The van der Waals surface area contributed by atoms with Crippen molar-refractivity contribution in [1.29, 1.82) is 0 Å². The lowest BCUT2D eigenvalue weighted by molar-refractivity contribution is 0.573. The molecule has 12 heavy (non-hydrogen) atoms. The Labute approximate surface area is 70.2 Å². The Balaban J connectivity index is 3.09. The molecule has 1 rings (SSSR count). The summed E-state index contributed by atoms with van der Waals surface area (Å²) in [5, 5.41) is 0. The first-order valence-corrected chi connectivity index (χ1v) is 3.79. The number of hydrogen-bond donors (Lipinski definition) is 1. The van der Waals surface area contributed by atoms with Crippen LogP contribution in [0.3, 0.4) is 0 Å². The highest BCUT2D eigenvalue weighted by Gasteiger charge is 2.05. The lowest BCUT2D eigenvalue weighted by atomic mass is 10.1. The fraction of sp³-hybridized carbons (Fsp3) is 0.333. The Kier molecular flexibility index (Phi) is 2.76. The molecule has 0 aliphatic carbocycles. The molecule has 0 fully saturated rings. The predicted octanol–water partition coefficient (Wildman–Crippen LogP) is 1.77. The van der Waals surface area contributed by atoms with E-state index in [9.17, 15) is 8.78 Å². The third-order valence-electron chi connectivity index (χ3n) is 1.83. The first kappa shape index (κ1) is 9.13. The van der Waals surface area contributed by atoms with Gasteiger partial charge in [0.15, 0.2) is 0 Å². The van der Waals surface area contributed by atoms with E-state index in [0.29, 0.717) is 24.1 Å². The third kappa shape index (κ3) is 1.80. The normalized spacial score (nSPS) is 10.3. The second-order valence-electron chi connectivity index (χ2n) is 2.71. The molecule has 0 saturated heterocycles. The minimum absolute atomic E-state index is 0.406. The van der Waals surface area contributed by atoms with Gasteiger partial charge in [0, 0.05) is 6.07 Å². The quantitative estimate of drug-likeness (QED) is 0.721. The molecule has 3 heteroatoms. The van der Waals surface area contributed by atoms with Gasteiger partial charge in [-0.05, 0) is 37.1 Å². The summed E-state index contributed by atoms with van der Waals surface area (Å²) in [6.45, 7) is 2.03. The van der Waals surface area contributed by atoms with Crippen molar-refractivity contribution in [2.24, 2.45) is 5.73 Å². The fourth-order valence-electron chi connectivity index (χ4n) is 1.11. The minimum Gasteiger partial charge on any atom is -0.330 e. The van der Waals surface area contributed by atoms with Crippen LogP contribution in [0.2, 0.25) is 0 Å². The van der Waals surface area contributed by atoms with Gasteiger partial charge < -0.3 is 5.73 Å². The molecule has 0 unspecified atom stereocenters. The number of hydrogen-bond acceptors (Lipinski definition) is 1.